The van der Waals surface area contributed by atoms with E-state index in [1.165, 1.54) is 19.3 Å². The number of piperidine rings is 1. The molecule has 4 heteroatoms. The van der Waals surface area contributed by atoms with Gasteiger partial charge in [-0.15, -0.1) is 0 Å². The van der Waals surface area contributed by atoms with E-state index in [2.05, 4.69) is 13.8 Å². The Kier molecular flexibility index (Phi) is 7.21. The van der Waals surface area contributed by atoms with E-state index in [0.29, 0.717) is 12.5 Å². The van der Waals surface area contributed by atoms with Crippen molar-refractivity contribution in [3.63, 3.8) is 0 Å². The zero-order valence-corrected chi connectivity index (χ0v) is 12.3. The number of rotatable bonds is 7. The number of hydrogen-bond acceptors (Lipinski definition) is 2. The molecule has 1 fully saturated rings. The molecule has 0 saturated carbocycles. The first-order valence-corrected chi connectivity index (χ1v) is 7.74. The van der Waals surface area contributed by atoms with E-state index in [0.717, 1.165) is 25.7 Å². The van der Waals surface area contributed by atoms with Crippen LogP contribution in [0.3, 0.4) is 0 Å². The molecule has 112 valence electrons. The van der Waals surface area contributed by atoms with E-state index >= 15 is 0 Å². The van der Waals surface area contributed by atoms with Crippen LogP contribution in [-0.4, -0.2) is 40.4 Å². The number of amides is 1. The number of aliphatic hydroxyl groups is 1. The third-order valence-corrected chi connectivity index (χ3v) is 4.50. The molecule has 0 bridgehead atoms. The van der Waals surface area contributed by atoms with Crippen LogP contribution in [0.15, 0.2) is 0 Å². The summed E-state index contributed by atoms with van der Waals surface area (Å²) in [6.45, 7) is 5.11. The van der Waals surface area contributed by atoms with Gasteiger partial charge in [-0.05, 0) is 31.1 Å². The summed E-state index contributed by atoms with van der Waals surface area (Å²) in [5, 5.41) is 18.7. The summed E-state index contributed by atoms with van der Waals surface area (Å²) in [6.07, 6.45) is 6.56. The van der Waals surface area contributed by atoms with Crippen LogP contribution in [0.4, 0.5) is 4.79 Å². The number of carboxylic acid groups (broad SMARTS) is 1. The molecule has 3 atom stereocenters. The fourth-order valence-electron chi connectivity index (χ4n) is 3.25. The first-order valence-electron chi connectivity index (χ1n) is 7.74. The number of likely N-dealkylation sites (tertiary alicyclic amines) is 1. The zero-order chi connectivity index (χ0) is 14.3. The molecule has 1 rings (SSSR count). The van der Waals surface area contributed by atoms with Crippen molar-refractivity contribution in [3.8, 4) is 0 Å². The van der Waals surface area contributed by atoms with Gasteiger partial charge < -0.3 is 15.1 Å². The maximum absolute atomic E-state index is 11.4. The standard InChI is InChI=1S/C15H29NO3/c1-3-5-6-7-13(4-2)14-10-12(11-17)8-9-16(14)15(18)19/h12-14,17H,3-11H2,1-2H3,(H,18,19). The van der Waals surface area contributed by atoms with Gasteiger partial charge in [0, 0.05) is 19.2 Å². The Hall–Kier alpha value is -0.770. The molecule has 0 aromatic heterocycles. The molecule has 0 radical (unpaired) electrons. The highest BCUT2D eigenvalue weighted by atomic mass is 16.4. The van der Waals surface area contributed by atoms with E-state index in [9.17, 15) is 15.0 Å². The minimum absolute atomic E-state index is 0.102. The van der Waals surface area contributed by atoms with Crippen molar-refractivity contribution in [1.82, 2.24) is 4.90 Å². The molecule has 2 N–H and O–H groups in total. The summed E-state index contributed by atoms with van der Waals surface area (Å²) >= 11 is 0. The summed E-state index contributed by atoms with van der Waals surface area (Å²) in [5.41, 5.74) is 0. The van der Waals surface area contributed by atoms with Gasteiger partial charge in [0.15, 0.2) is 0 Å². The van der Waals surface area contributed by atoms with E-state index in [-0.39, 0.29) is 18.6 Å². The molecule has 3 unspecified atom stereocenters. The highest BCUT2D eigenvalue weighted by molar-refractivity contribution is 5.65. The fourth-order valence-corrected chi connectivity index (χ4v) is 3.25. The molecule has 1 heterocycles. The smallest absolute Gasteiger partial charge is 0.407 e. The summed E-state index contributed by atoms with van der Waals surface area (Å²) < 4.78 is 0. The number of unbranched alkanes of at least 4 members (excludes halogenated alkanes) is 2. The van der Waals surface area contributed by atoms with E-state index in [4.69, 9.17) is 0 Å². The van der Waals surface area contributed by atoms with Crippen LogP contribution in [-0.2, 0) is 0 Å². The van der Waals surface area contributed by atoms with Gasteiger partial charge in [-0.1, -0.05) is 39.5 Å². The normalized spacial score (nSPS) is 25.3. The van der Waals surface area contributed by atoms with Gasteiger partial charge in [0.1, 0.15) is 0 Å². The van der Waals surface area contributed by atoms with Crippen LogP contribution >= 0.6 is 0 Å². The van der Waals surface area contributed by atoms with Crippen LogP contribution in [0, 0.1) is 11.8 Å². The van der Waals surface area contributed by atoms with Crippen molar-refractivity contribution in [1.29, 1.82) is 0 Å². The molecule has 1 saturated heterocycles. The van der Waals surface area contributed by atoms with Crippen molar-refractivity contribution in [2.75, 3.05) is 13.2 Å². The fraction of sp³-hybridized carbons (Fsp3) is 0.933. The molecular formula is C15H29NO3. The highest BCUT2D eigenvalue weighted by Crippen LogP contribution is 2.31. The quantitative estimate of drug-likeness (QED) is 0.698. The number of carbonyl (C=O) groups is 1. The maximum atomic E-state index is 11.4. The van der Waals surface area contributed by atoms with Crippen LogP contribution in [0.2, 0.25) is 0 Å². The lowest BCUT2D eigenvalue weighted by molar-refractivity contribution is 0.0447. The van der Waals surface area contributed by atoms with Gasteiger partial charge in [0.05, 0.1) is 0 Å². The second-order valence-corrected chi connectivity index (χ2v) is 5.78. The summed E-state index contributed by atoms with van der Waals surface area (Å²) in [6, 6.07) is 0.102. The summed E-state index contributed by atoms with van der Waals surface area (Å²) in [7, 11) is 0. The lowest BCUT2D eigenvalue weighted by atomic mass is 9.81. The topological polar surface area (TPSA) is 60.8 Å². The average molecular weight is 271 g/mol. The Morgan fingerprint density at radius 2 is 2.11 bits per heavy atom. The third kappa shape index (κ3) is 4.68. The van der Waals surface area contributed by atoms with Crippen molar-refractivity contribution >= 4 is 6.09 Å². The molecule has 0 spiro atoms. The van der Waals surface area contributed by atoms with Crippen LogP contribution < -0.4 is 0 Å². The lowest BCUT2D eigenvalue weighted by Gasteiger charge is -2.41. The van der Waals surface area contributed by atoms with Gasteiger partial charge in [0.25, 0.3) is 0 Å². The van der Waals surface area contributed by atoms with E-state index < -0.39 is 6.09 Å². The van der Waals surface area contributed by atoms with Crippen molar-refractivity contribution in [3.05, 3.63) is 0 Å². The molecule has 1 aliphatic rings. The number of hydrogen-bond donors (Lipinski definition) is 2. The Morgan fingerprint density at radius 3 is 2.63 bits per heavy atom. The average Bonchev–Trinajstić information content (AvgIpc) is 2.43. The summed E-state index contributed by atoms with van der Waals surface area (Å²) in [4.78, 5) is 13.0. The van der Waals surface area contributed by atoms with Crippen molar-refractivity contribution in [2.24, 2.45) is 11.8 Å². The summed E-state index contributed by atoms with van der Waals surface area (Å²) in [5.74, 6) is 0.720. The largest absolute Gasteiger partial charge is 0.465 e. The lowest BCUT2D eigenvalue weighted by Crippen LogP contribution is -2.49. The zero-order valence-electron chi connectivity index (χ0n) is 12.3. The van der Waals surface area contributed by atoms with Gasteiger partial charge in [0.2, 0.25) is 0 Å². The highest BCUT2D eigenvalue weighted by Gasteiger charge is 2.35. The number of aliphatic hydroxyl groups excluding tert-OH is 1. The molecule has 19 heavy (non-hydrogen) atoms. The van der Waals surface area contributed by atoms with Crippen molar-refractivity contribution < 1.29 is 15.0 Å². The Bertz CT molecular complexity index is 270. The molecule has 0 aliphatic carbocycles. The van der Waals surface area contributed by atoms with Crippen molar-refractivity contribution in [2.45, 2.75) is 64.8 Å². The molecule has 1 amide bonds. The Morgan fingerprint density at radius 1 is 1.37 bits per heavy atom. The molecule has 0 aromatic rings. The van der Waals surface area contributed by atoms with Gasteiger partial charge in [-0.25, -0.2) is 4.79 Å². The SMILES string of the molecule is CCCCCC(CC)C1CC(CO)CCN1C(=O)O. The molecule has 1 aliphatic heterocycles. The molecule has 0 aromatic carbocycles. The first-order chi connectivity index (χ1) is 9.13. The second-order valence-electron chi connectivity index (χ2n) is 5.78. The van der Waals surface area contributed by atoms with Gasteiger partial charge in [-0.3, -0.25) is 0 Å². The van der Waals surface area contributed by atoms with E-state index in [1.54, 1.807) is 4.90 Å². The Labute approximate surface area is 116 Å². The monoisotopic (exact) mass is 271 g/mol. The maximum Gasteiger partial charge on any atom is 0.407 e. The van der Waals surface area contributed by atoms with Gasteiger partial charge in [-0.2, -0.15) is 0 Å². The second kappa shape index (κ2) is 8.41. The Balaban J connectivity index is 2.66. The first kappa shape index (κ1) is 16.3. The van der Waals surface area contributed by atoms with E-state index in [1.807, 2.05) is 0 Å². The third-order valence-electron chi connectivity index (χ3n) is 4.50. The van der Waals surface area contributed by atoms with Crippen LogP contribution in [0.5, 0.6) is 0 Å². The van der Waals surface area contributed by atoms with Crippen LogP contribution in [0.25, 0.3) is 0 Å². The number of nitrogens with zero attached hydrogens (tertiary/aromatic N) is 1. The molecular weight excluding hydrogens is 242 g/mol. The minimum atomic E-state index is -0.796. The van der Waals surface area contributed by atoms with Gasteiger partial charge >= 0.3 is 6.09 Å². The molecule has 4 nitrogen and oxygen atoms in total. The minimum Gasteiger partial charge on any atom is -0.465 e. The predicted molar refractivity (Wildman–Crippen MR) is 76.3 cm³/mol. The van der Waals surface area contributed by atoms with Crippen LogP contribution in [0.1, 0.15) is 58.8 Å². The predicted octanol–water partition coefficient (Wildman–Crippen LogP) is 3.34.